The molecule has 48 heavy (non-hydrogen) atoms. The molecule has 0 radical (unpaired) electrons. The van der Waals surface area contributed by atoms with Crippen molar-refractivity contribution >= 4 is 44.5 Å². The molecule has 0 spiro atoms. The van der Waals surface area contributed by atoms with Gasteiger partial charge in [0.15, 0.2) is 0 Å². The van der Waals surface area contributed by atoms with E-state index in [4.69, 9.17) is 11.8 Å². The van der Waals surface area contributed by atoms with Gasteiger partial charge in [0.25, 0.3) is 0 Å². The van der Waals surface area contributed by atoms with Gasteiger partial charge in [-0.15, -0.1) is 0 Å². The van der Waals surface area contributed by atoms with Crippen LogP contribution in [-0.4, -0.2) is 4.98 Å². The van der Waals surface area contributed by atoms with Crippen molar-refractivity contribution in [3.63, 3.8) is 0 Å². The Bertz CT molecular complexity index is 2270. The molecular weight excluding hydrogens is 618 g/mol. The predicted molar refractivity (Wildman–Crippen MR) is 210 cm³/mol. The Morgan fingerprint density at radius 1 is 0.333 bits per heavy atom. The fraction of sp³-hybridized carbons (Fsp3) is 0. The molecule has 0 saturated heterocycles. The van der Waals surface area contributed by atoms with Gasteiger partial charge in [0, 0.05) is 29.4 Å². The average molecular weight is 650 g/mol. The van der Waals surface area contributed by atoms with Gasteiger partial charge < -0.3 is 0 Å². The second kappa shape index (κ2) is 13.0. The summed E-state index contributed by atoms with van der Waals surface area (Å²) in [6, 6.07) is 62.6. The number of hydrogen-bond donors (Lipinski definition) is 0. The van der Waals surface area contributed by atoms with Gasteiger partial charge in [0.1, 0.15) is 0 Å². The van der Waals surface area contributed by atoms with E-state index in [0.29, 0.717) is 0 Å². The van der Waals surface area contributed by atoms with Crippen LogP contribution in [0.25, 0.3) is 55.3 Å². The van der Waals surface area contributed by atoms with Gasteiger partial charge >= 0.3 is 0 Å². The predicted octanol–water partition coefficient (Wildman–Crippen LogP) is 10.7. The molecule has 1 nitrogen and oxygen atoms in total. The molecule has 0 aliphatic heterocycles. The summed E-state index contributed by atoms with van der Waals surface area (Å²) >= 11 is 6.80. The van der Waals surface area contributed by atoms with E-state index in [1.807, 2.05) is 12.4 Å². The topological polar surface area (TPSA) is 12.9 Å². The number of rotatable bonds is 7. The molecule has 0 N–H and O–H groups in total. The number of benzene rings is 7. The Kier molecular flexibility index (Phi) is 8.12. The smallest absolute Gasteiger partial charge is 0.0379 e. The van der Waals surface area contributed by atoms with Crippen molar-refractivity contribution in [2.24, 2.45) is 0 Å². The SMILES string of the molecule is S=P(c1ccc(-c2ccccc2)cc1)(c1ccc(-c2ccccc2)cc1)c1ccc(-c2ccc(-c3cncc4ccccc34)cc2)cc1. The molecule has 0 unspecified atom stereocenters. The lowest BCUT2D eigenvalue weighted by Gasteiger charge is -2.25. The maximum atomic E-state index is 6.80. The quantitative estimate of drug-likeness (QED) is 0.159. The summed E-state index contributed by atoms with van der Waals surface area (Å²) in [6.07, 6.45) is 3.88. The number of fused-ring (bicyclic) bond motifs is 1. The summed E-state index contributed by atoms with van der Waals surface area (Å²) in [5, 5.41) is 5.91. The lowest BCUT2D eigenvalue weighted by Crippen LogP contribution is -2.24. The molecule has 0 bridgehead atoms. The first kappa shape index (κ1) is 30.0. The zero-order chi connectivity index (χ0) is 32.3. The van der Waals surface area contributed by atoms with E-state index < -0.39 is 6.04 Å². The highest BCUT2D eigenvalue weighted by molar-refractivity contribution is 8.25. The van der Waals surface area contributed by atoms with Crippen LogP contribution in [0.2, 0.25) is 0 Å². The van der Waals surface area contributed by atoms with Crippen LogP contribution in [0, 0.1) is 0 Å². The Hall–Kier alpha value is -5.40. The highest BCUT2D eigenvalue weighted by atomic mass is 32.4. The minimum Gasteiger partial charge on any atom is -0.263 e. The molecule has 1 heterocycles. The van der Waals surface area contributed by atoms with E-state index in [0.717, 1.165) is 16.5 Å². The van der Waals surface area contributed by atoms with E-state index in [9.17, 15) is 0 Å². The molecule has 7 aromatic carbocycles. The minimum atomic E-state index is -2.36. The van der Waals surface area contributed by atoms with Gasteiger partial charge in [-0.25, -0.2) is 0 Å². The lowest BCUT2D eigenvalue weighted by molar-refractivity contribution is 1.36. The summed E-state index contributed by atoms with van der Waals surface area (Å²) in [5.74, 6) is 0. The van der Waals surface area contributed by atoms with Gasteiger partial charge in [-0.05, 0) is 60.2 Å². The van der Waals surface area contributed by atoms with E-state index in [2.05, 4.69) is 187 Å². The molecule has 8 rings (SSSR count). The number of aromatic nitrogens is 1. The first-order chi connectivity index (χ1) is 23.7. The molecule has 8 aromatic rings. The molecule has 0 atom stereocenters. The van der Waals surface area contributed by atoms with E-state index in [1.54, 1.807) is 0 Å². The Labute approximate surface area is 287 Å². The summed E-state index contributed by atoms with van der Waals surface area (Å²) < 4.78 is 0. The first-order valence-corrected chi connectivity index (χ1v) is 18.9. The summed E-state index contributed by atoms with van der Waals surface area (Å²) in [4.78, 5) is 4.49. The average Bonchev–Trinajstić information content (AvgIpc) is 3.18. The van der Waals surface area contributed by atoms with Crippen LogP contribution in [0.15, 0.2) is 194 Å². The Morgan fingerprint density at radius 2 is 0.688 bits per heavy atom. The monoisotopic (exact) mass is 649 g/mol. The van der Waals surface area contributed by atoms with Gasteiger partial charge in [-0.2, -0.15) is 0 Å². The van der Waals surface area contributed by atoms with Crippen LogP contribution < -0.4 is 15.9 Å². The van der Waals surface area contributed by atoms with Gasteiger partial charge in [-0.1, -0.05) is 194 Å². The van der Waals surface area contributed by atoms with Crippen molar-refractivity contribution in [1.29, 1.82) is 0 Å². The third-order valence-electron chi connectivity index (χ3n) is 9.10. The highest BCUT2D eigenvalue weighted by Crippen LogP contribution is 2.44. The maximum Gasteiger partial charge on any atom is 0.0379 e. The fourth-order valence-corrected chi connectivity index (χ4v) is 10.2. The highest BCUT2D eigenvalue weighted by Gasteiger charge is 2.25. The Morgan fingerprint density at radius 3 is 1.15 bits per heavy atom. The van der Waals surface area contributed by atoms with Crippen molar-refractivity contribution in [3.05, 3.63) is 194 Å². The molecule has 0 saturated carbocycles. The lowest BCUT2D eigenvalue weighted by atomic mass is 9.98. The van der Waals surface area contributed by atoms with Crippen molar-refractivity contribution in [2.45, 2.75) is 0 Å². The van der Waals surface area contributed by atoms with Crippen LogP contribution in [0.4, 0.5) is 0 Å². The van der Waals surface area contributed by atoms with E-state index in [-0.39, 0.29) is 0 Å². The van der Waals surface area contributed by atoms with Crippen LogP contribution in [0.3, 0.4) is 0 Å². The van der Waals surface area contributed by atoms with Crippen molar-refractivity contribution in [1.82, 2.24) is 4.98 Å². The number of pyridine rings is 1. The van der Waals surface area contributed by atoms with Crippen molar-refractivity contribution in [2.75, 3.05) is 0 Å². The molecule has 3 heteroatoms. The fourth-order valence-electron chi connectivity index (χ4n) is 6.49. The standard InChI is InChI=1S/C45H32NPS/c48-47(41-25-19-36(20-26-41)33-9-3-1-4-10-33,42-27-21-37(22-28-42)34-11-5-2-6-12-34)43-29-23-38(24-30-43)35-15-17-39(18-16-35)45-32-46-31-40-13-7-8-14-44(40)45/h1-32H. The molecule has 0 amide bonds. The van der Waals surface area contributed by atoms with Crippen molar-refractivity contribution in [3.8, 4) is 44.5 Å². The van der Waals surface area contributed by atoms with Crippen LogP contribution in [-0.2, 0) is 11.8 Å². The van der Waals surface area contributed by atoms with E-state index in [1.165, 1.54) is 54.7 Å². The normalized spacial score (nSPS) is 11.4. The summed E-state index contributed by atoms with van der Waals surface area (Å²) in [7, 11) is 0. The zero-order valence-corrected chi connectivity index (χ0v) is 28.0. The van der Waals surface area contributed by atoms with Gasteiger partial charge in [-0.3, -0.25) is 4.98 Å². The van der Waals surface area contributed by atoms with E-state index >= 15 is 0 Å². The molecule has 0 aliphatic rings. The van der Waals surface area contributed by atoms with Crippen LogP contribution >= 0.6 is 6.04 Å². The summed E-state index contributed by atoms with van der Waals surface area (Å²) in [5.41, 5.74) is 9.44. The van der Waals surface area contributed by atoms with Gasteiger partial charge in [0.2, 0.25) is 0 Å². The Balaban J connectivity index is 1.15. The molecule has 0 aliphatic carbocycles. The second-order valence-corrected chi connectivity index (χ2v) is 16.4. The minimum absolute atomic E-state index is 1.15. The molecule has 228 valence electrons. The largest absolute Gasteiger partial charge is 0.263 e. The number of nitrogens with zero attached hydrogens (tertiary/aromatic N) is 1. The molecular formula is C45H32NPS. The maximum absolute atomic E-state index is 6.80. The van der Waals surface area contributed by atoms with Crippen LogP contribution in [0.1, 0.15) is 0 Å². The van der Waals surface area contributed by atoms with Gasteiger partial charge in [0.05, 0.1) is 0 Å². The summed E-state index contributed by atoms with van der Waals surface area (Å²) in [6.45, 7) is 0. The second-order valence-electron chi connectivity index (χ2n) is 12.0. The number of hydrogen-bond acceptors (Lipinski definition) is 2. The first-order valence-electron chi connectivity index (χ1n) is 16.1. The zero-order valence-electron chi connectivity index (χ0n) is 26.3. The van der Waals surface area contributed by atoms with Crippen LogP contribution in [0.5, 0.6) is 0 Å². The third kappa shape index (κ3) is 5.71. The molecule has 0 fully saturated rings. The van der Waals surface area contributed by atoms with Crippen molar-refractivity contribution < 1.29 is 0 Å². The molecule has 1 aromatic heterocycles. The third-order valence-corrected chi connectivity index (χ3v) is 14.1.